The first kappa shape index (κ1) is 47.1. The molecule has 388 valence electrons. The lowest BCUT2D eigenvalue weighted by Gasteiger charge is -2.35. The van der Waals surface area contributed by atoms with Gasteiger partial charge in [-0.1, -0.05) is 231 Å². The highest BCUT2D eigenvalue weighted by Crippen LogP contribution is 2.42. The van der Waals surface area contributed by atoms with Crippen LogP contribution in [-0.2, 0) is 0 Å². The van der Waals surface area contributed by atoms with Gasteiger partial charge in [0.25, 0.3) is 0 Å². The van der Waals surface area contributed by atoms with Crippen LogP contribution in [0.15, 0.2) is 315 Å². The zero-order valence-corrected chi connectivity index (χ0v) is 46.3. The summed E-state index contributed by atoms with van der Waals surface area (Å²) in [6.07, 6.45) is 0. The van der Waals surface area contributed by atoms with Crippen LogP contribution in [0.3, 0.4) is 0 Å². The first-order valence-corrected chi connectivity index (χ1v) is 30.7. The number of hydrogen-bond donors (Lipinski definition) is 0. The molecule has 4 heterocycles. The Morgan fingerprint density at radius 3 is 0.964 bits per heavy atom. The van der Waals surface area contributed by atoms with Crippen LogP contribution in [0.25, 0.3) is 121 Å². The van der Waals surface area contributed by atoms with E-state index in [2.05, 4.69) is 334 Å². The largest absolute Gasteiger partial charge is 0.309 e. The van der Waals surface area contributed by atoms with Crippen LogP contribution in [-0.4, -0.2) is 26.3 Å². The summed E-state index contributed by atoms with van der Waals surface area (Å²) in [6, 6.07) is 118. The molecule has 0 radical (unpaired) electrons. The Bertz CT molecular complexity index is 5260. The molecule has 0 unspecified atom stereocenters. The number of aromatic nitrogens is 4. The summed E-state index contributed by atoms with van der Waals surface area (Å²) in [4.78, 5) is 0. The van der Waals surface area contributed by atoms with Gasteiger partial charge in [-0.2, -0.15) is 0 Å². The van der Waals surface area contributed by atoms with Gasteiger partial charge in [0.15, 0.2) is 8.07 Å². The maximum Gasteiger partial charge on any atom is 0.179 e. The van der Waals surface area contributed by atoms with Crippen molar-refractivity contribution in [3.05, 3.63) is 315 Å². The molecule has 0 atom stereocenters. The van der Waals surface area contributed by atoms with Gasteiger partial charge in [0.05, 0.1) is 55.5 Å². The van der Waals surface area contributed by atoms with E-state index >= 15 is 0 Å². The van der Waals surface area contributed by atoms with Crippen LogP contribution in [0.5, 0.6) is 0 Å². The van der Waals surface area contributed by atoms with Crippen molar-refractivity contribution in [1.82, 2.24) is 18.3 Å². The molecule has 0 spiro atoms. The minimum atomic E-state index is -3.13. The number of nitrogens with zero attached hydrogens (tertiary/aromatic N) is 4. The first-order chi connectivity index (χ1) is 41.2. The molecule has 4 aromatic heterocycles. The Labute approximate surface area is 480 Å². The summed E-state index contributed by atoms with van der Waals surface area (Å²) >= 11 is 0. The predicted molar refractivity (Wildman–Crippen MR) is 353 cm³/mol. The van der Waals surface area contributed by atoms with E-state index in [-0.39, 0.29) is 0 Å². The van der Waals surface area contributed by atoms with Crippen molar-refractivity contribution < 1.29 is 0 Å². The molecule has 17 aromatic rings. The van der Waals surface area contributed by atoms with Crippen LogP contribution in [0.1, 0.15) is 0 Å². The van der Waals surface area contributed by atoms with Gasteiger partial charge >= 0.3 is 0 Å². The van der Waals surface area contributed by atoms with Crippen molar-refractivity contribution in [2.75, 3.05) is 0 Å². The Hall–Kier alpha value is -10.7. The fraction of sp³-hybridized carbons (Fsp3) is 0. The summed E-state index contributed by atoms with van der Waals surface area (Å²) in [6.45, 7) is 0. The van der Waals surface area contributed by atoms with Crippen molar-refractivity contribution >= 4 is 116 Å². The third kappa shape index (κ3) is 6.99. The van der Waals surface area contributed by atoms with Crippen molar-refractivity contribution in [1.29, 1.82) is 0 Å². The van der Waals surface area contributed by atoms with Gasteiger partial charge in [-0.25, -0.2) is 0 Å². The standard InChI is InChI=1S/C78H52N4Si/c1-3-25-55(26-4-1)83(56-27-5-2-6-28-56,57-29-23-24-53(50-57)79-71-40-17-13-36-65(71)67-51-54(46-48-77(67)79)80-69-38-15-7-30-59(69)60-31-8-16-39-70(60)80)58-47-49-78-68(52-58)66-37-14-22-45-76(66)82(78)75-44-21-12-35-64(75)63-34-11-20-43-74(63)81-72-41-18-9-32-61(72)62-33-10-19-42-73(62)81/h1-52H. The van der Waals surface area contributed by atoms with E-state index in [9.17, 15) is 0 Å². The first-order valence-electron chi connectivity index (χ1n) is 28.7. The Balaban J connectivity index is 0.872. The number of hydrogen-bond acceptors (Lipinski definition) is 0. The van der Waals surface area contributed by atoms with Gasteiger partial charge in [-0.05, 0) is 106 Å². The topological polar surface area (TPSA) is 19.7 Å². The molecule has 0 saturated heterocycles. The van der Waals surface area contributed by atoms with E-state index in [0.717, 1.165) is 22.7 Å². The van der Waals surface area contributed by atoms with Gasteiger partial charge in [0, 0.05) is 65.6 Å². The summed E-state index contributed by atoms with van der Waals surface area (Å²) in [5.74, 6) is 0. The SMILES string of the molecule is c1ccc([Si](c2ccccc2)(c2cccc(-n3c4ccccc4c4cc(-n5c6ccccc6c6ccccc65)ccc43)c2)c2ccc3c(c2)c2ccccc2n3-c2ccccc2-c2ccccc2-n2c3ccccc3c3ccccc32)cc1. The van der Waals surface area contributed by atoms with Crippen molar-refractivity contribution in [2.24, 2.45) is 0 Å². The van der Waals surface area contributed by atoms with Crippen LogP contribution >= 0.6 is 0 Å². The van der Waals surface area contributed by atoms with E-state index in [1.807, 2.05) is 0 Å². The van der Waals surface area contributed by atoms with Gasteiger partial charge in [0.2, 0.25) is 0 Å². The van der Waals surface area contributed by atoms with E-state index in [1.54, 1.807) is 0 Å². The van der Waals surface area contributed by atoms with Crippen LogP contribution < -0.4 is 20.7 Å². The third-order valence-electron chi connectivity index (χ3n) is 17.7. The molecule has 0 bridgehead atoms. The lowest BCUT2D eigenvalue weighted by molar-refractivity contribution is 1.16. The molecule has 0 fully saturated rings. The molecule has 0 aliphatic carbocycles. The van der Waals surface area contributed by atoms with E-state index in [1.165, 1.54) is 119 Å². The molecule has 0 aliphatic rings. The fourth-order valence-electron chi connectivity index (χ4n) is 14.3. The number of fused-ring (bicyclic) bond motifs is 12. The van der Waals surface area contributed by atoms with E-state index in [0.29, 0.717) is 0 Å². The molecule has 17 rings (SSSR count). The second-order valence-electron chi connectivity index (χ2n) is 21.9. The highest BCUT2D eigenvalue weighted by Gasteiger charge is 2.42. The Morgan fingerprint density at radius 1 is 0.181 bits per heavy atom. The van der Waals surface area contributed by atoms with Crippen LogP contribution in [0, 0.1) is 0 Å². The van der Waals surface area contributed by atoms with Crippen molar-refractivity contribution in [3.63, 3.8) is 0 Å². The quantitative estimate of drug-likeness (QED) is 0.101. The molecule has 0 N–H and O–H groups in total. The normalized spacial score (nSPS) is 12.1. The predicted octanol–water partition coefficient (Wildman–Crippen LogP) is 17.1. The summed E-state index contributed by atoms with van der Waals surface area (Å²) in [5.41, 5.74) is 16.4. The van der Waals surface area contributed by atoms with Gasteiger partial charge < -0.3 is 18.3 Å². The highest BCUT2D eigenvalue weighted by atomic mass is 28.3. The summed E-state index contributed by atoms with van der Waals surface area (Å²) in [5, 5.41) is 15.2. The lowest BCUT2D eigenvalue weighted by atomic mass is 10.0. The number of benzene rings is 13. The molecule has 4 nitrogen and oxygen atoms in total. The minimum Gasteiger partial charge on any atom is -0.309 e. The maximum atomic E-state index is 2.55. The molecule has 0 amide bonds. The van der Waals surface area contributed by atoms with Gasteiger partial charge in [-0.3, -0.25) is 0 Å². The van der Waals surface area contributed by atoms with Crippen molar-refractivity contribution in [2.45, 2.75) is 0 Å². The molecule has 0 saturated carbocycles. The number of rotatable bonds is 9. The van der Waals surface area contributed by atoms with E-state index < -0.39 is 8.07 Å². The Morgan fingerprint density at radius 2 is 0.494 bits per heavy atom. The maximum absolute atomic E-state index is 3.13. The molecule has 0 aliphatic heterocycles. The fourth-order valence-corrected chi connectivity index (χ4v) is 19.1. The van der Waals surface area contributed by atoms with Gasteiger partial charge in [-0.15, -0.1) is 0 Å². The van der Waals surface area contributed by atoms with Crippen molar-refractivity contribution in [3.8, 4) is 33.9 Å². The summed E-state index contributed by atoms with van der Waals surface area (Å²) < 4.78 is 9.88. The lowest BCUT2D eigenvalue weighted by Crippen LogP contribution is -2.74. The average Bonchev–Trinajstić information content (AvgIpc) is 2.87. The molecule has 83 heavy (non-hydrogen) atoms. The smallest absolute Gasteiger partial charge is 0.179 e. The zero-order valence-electron chi connectivity index (χ0n) is 45.3. The Kier molecular flexibility index (Phi) is 10.6. The zero-order chi connectivity index (χ0) is 54.6. The summed E-state index contributed by atoms with van der Waals surface area (Å²) in [7, 11) is -3.13. The van der Waals surface area contributed by atoms with Crippen LogP contribution in [0.4, 0.5) is 0 Å². The molecular weight excluding hydrogens is 1020 g/mol. The minimum absolute atomic E-state index is 1.13. The third-order valence-corrected chi connectivity index (χ3v) is 22.5. The monoisotopic (exact) mass is 1070 g/mol. The molecular formula is C78H52N4Si. The molecule has 5 heteroatoms. The molecule has 13 aromatic carbocycles. The van der Waals surface area contributed by atoms with Gasteiger partial charge in [0.1, 0.15) is 0 Å². The second-order valence-corrected chi connectivity index (χ2v) is 25.8. The van der Waals surface area contributed by atoms with Crippen LogP contribution in [0.2, 0.25) is 0 Å². The van der Waals surface area contributed by atoms with E-state index in [4.69, 9.17) is 0 Å². The highest BCUT2D eigenvalue weighted by molar-refractivity contribution is 7.20. The average molecular weight is 1070 g/mol. The number of para-hydroxylation sites is 8. The second kappa shape index (κ2) is 18.7.